The molecule has 1 N–H and O–H groups in total. The summed E-state index contributed by atoms with van der Waals surface area (Å²) in [6.07, 6.45) is 3.34. The van der Waals surface area contributed by atoms with E-state index in [-0.39, 0.29) is 12.5 Å². The molecule has 2 rings (SSSR count). The number of benzene rings is 1. The predicted octanol–water partition coefficient (Wildman–Crippen LogP) is 3.12. The molecule has 3 nitrogen and oxygen atoms in total. The second kappa shape index (κ2) is 4.87. The van der Waals surface area contributed by atoms with Crippen LogP contribution in [0.5, 0.6) is 5.75 Å². The molecule has 4 heteroatoms. The van der Waals surface area contributed by atoms with Gasteiger partial charge in [0.2, 0.25) is 0 Å². The van der Waals surface area contributed by atoms with Crippen molar-refractivity contribution >= 4 is 27.5 Å². The molecule has 1 heterocycles. The van der Waals surface area contributed by atoms with Crippen molar-refractivity contribution in [2.75, 3.05) is 11.9 Å². The summed E-state index contributed by atoms with van der Waals surface area (Å²) < 4.78 is 6.28. The predicted molar refractivity (Wildman–Crippen MR) is 66.9 cm³/mol. The number of rotatable bonds is 3. The Kier molecular flexibility index (Phi) is 3.49. The van der Waals surface area contributed by atoms with Gasteiger partial charge in [-0.3, -0.25) is 4.79 Å². The number of hydrogen-bond acceptors (Lipinski definition) is 2. The van der Waals surface area contributed by atoms with Crippen LogP contribution in [0.25, 0.3) is 0 Å². The summed E-state index contributed by atoms with van der Waals surface area (Å²) in [5, 5.41) is 2.82. The number of unbranched alkanes of at least 4 members (excludes halogenated alkanes) is 1. The molecule has 0 saturated carbocycles. The molecule has 0 fully saturated rings. The number of aryl methyl sites for hydroxylation is 1. The SMILES string of the molecule is CCCCc1cc(Br)c2c(c1)NC(=O)CO2. The number of carbonyl (C=O) groups is 1. The van der Waals surface area contributed by atoms with E-state index in [2.05, 4.69) is 34.2 Å². The molecule has 1 amide bonds. The smallest absolute Gasteiger partial charge is 0.262 e. The average molecular weight is 284 g/mol. The van der Waals surface area contributed by atoms with Crippen LogP contribution in [0.15, 0.2) is 16.6 Å². The van der Waals surface area contributed by atoms with Crippen molar-refractivity contribution in [3.05, 3.63) is 22.2 Å². The topological polar surface area (TPSA) is 38.3 Å². The lowest BCUT2D eigenvalue weighted by atomic mass is 10.1. The van der Waals surface area contributed by atoms with Gasteiger partial charge >= 0.3 is 0 Å². The highest BCUT2D eigenvalue weighted by Gasteiger charge is 2.19. The third-order valence-electron chi connectivity index (χ3n) is 2.54. The fraction of sp³-hybridized carbons (Fsp3) is 0.417. The Hall–Kier alpha value is -1.03. The number of halogens is 1. The molecule has 0 spiro atoms. The van der Waals surface area contributed by atoms with Crippen molar-refractivity contribution in [2.24, 2.45) is 0 Å². The quantitative estimate of drug-likeness (QED) is 0.926. The zero-order chi connectivity index (χ0) is 11.5. The van der Waals surface area contributed by atoms with Gasteiger partial charge in [0.15, 0.2) is 12.4 Å². The molecular formula is C12H14BrNO2. The van der Waals surface area contributed by atoms with E-state index in [0.29, 0.717) is 0 Å². The van der Waals surface area contributed by atoms with Gasteiger partial charge in [0, 0.05) is 0 Å². The third kappa shape index (κ3) is 2.38. The van der Waals surface area contributed by atoms with Crippen molar-refractivity contribution in [2.45, 2.75) is 26.2 Å². The van der Waals surface area contributed by atoms with E-state index in [4.69, 9.17) is 4.74 Å². The summed E-state index contributed by atoms with van der Waals surface area (Å²) >= 11 is 3.47. The number of ether oxygens (including phenoxy) is 1. The minimum Gasteiger partial charge on any atom is -0.480 e. The minimum atomic E-state index is -0.0907. The normalized spacial score (nSPS) is 14.0. The lowest BCUT2D eigenvalue weighted by Crippen LogP contribution is -2.25. The summed E-state index contributed by atoms with van der Waals surface area (Å²) in [6, 6.07) is 4.05. The van der Waals surface area contributed by atoms with Crippen molar-refractivity contribution < 1.29 is 9.53 Å². The van der Waals surface area contributed by atoms with Crippen LogP contribution >= 0.6 is 15.9 Å². The largest absolute Gasteiger partial charge is 0.480 e. The first-order valence-corrected chi connectivity index (χ1v) is 6.25. The minimum absolute atomic E-state index is 0.0907. The second-order valence-electron chi connectivity index (χ2n) is 3.89. The molecule has 0 atom stereocenters. The van der Waals surface area contributed by atoms with Crippen LogP contribution in [0.3, 0.4) is 0 Å². The van der Waals surface area contributed by atoms with Crippen LogP contribution in [0.4, 0.5) is 5.69 Å². The number of fused-ring (bicyclic) bond motifs is 1. The van der Waals surface area contributed by atoms with Crippen LogP contribution in [0.1, 0.15) is 25.3 Å². The van der Waals surface area contributed by atoms with Crippen LogP contribution in [-0.2, 0) is 11.2 Å². The number of hydrogen-bond donors (Lipinski definition) is 1. The van der Waals surface area contributed by atoms with Gasteiger partial charge < -0.3 is 10.1 Å². The van der Waals surface area contributed by atoms with Crippen molar-refractivity contribution in [3.63, 3.8) is 0 Å². The molecule has 0 saturated heterocycles. The first kappa shape index (κ1) is 11.5. The van der Waals surface area contributed by atoms with Crippen molar-refractivity contribution in [1.29, 1.82) is 0 Å². The van der Waals surface area contributed by atoms with E-state index in [1.54, 1.807) is 0 Å². The Morgan fingerprint density at radius 2 is 2.31 bits per heavy atom. The Morgan fingerprint density at radius 1 is 1.50 bits per heavy atom. The van der Waals surface area contributed by atoms with Crippen LogP contribution < -0.4 is 10.1 Å². The molecule has 0 aliphatic carbocycles. The van der Waals surface area contributed by atoms with Crippen LogP contribution in [-0.4, -0.2) is 12.5 Å². The lowest BCUT2D eigenvalue weighted by molar-refractivity contribution is -0.118. The monoisotopic (exact) mass is 283 g/mol. The van der Waals surface area contributed by atoms with Gasteiger partial charge in [-0.2, -0.15) is 0 Å². The standard InChI is InChI=1S/C12H14BrNO2/c1-2-3-4-8-5-9(13)12-10(6-8)14-11(15)7-16-12/h5-6H,2-4,7H2,1H3,(H,14,15). The van der Waals surface area contributed by atoms with E-state index in [1.807, 2.05) is 6.07 Å². The first-order chi connectivity index (χ1) is 7.70. The molecule has 0 aromatic heterocycles. The maximum Gasteiger partial charge on any atom is 0.262 e. The number of nitrogens with one attached hydrogen (secondary N) is 1. The van der Waals surface area contributed by atoms with E-state index >= 15 is 0 Å². The summed E-state index contributed by atoms with van der Waals surface area (Å²) in [4.78, 5) is 11.2. The summed E-state index contributed by atoms with van der Waals surface area (Å²) in [5.74, 6) is 0.645. The highest BCUT2D eigenvalue weighted by Crippen LogP contribution is 2.37. The Bertz CT molecular complexity index is 418. The Balaban J connectivity index is 2.28. The molecule has 1 aliphatic heterocycles. The summed E-state index contributed by atoms with van der Waals surface area (Å²) in [6.45, 7) is 2.26. The van der Waals surface area contributed by atoms with Gasteiger partial charge in [0.1, 0.15) is 0 Å². The average Bonchev–Trinajstić information content (AvgIpc) is 2.25. The second-order valence-corrected chi connectivity index (χ2v) is 4.75. The van der Waals surface area contributed by atoms with E-state index in [1.165, 1.54) is 5.56 Å². The van der Waals surface area contributed by atoms with Crippen LogP contribution in [0, 0.1) is 0 Å². The van der Waals surface area contributed by atoms with Crippen LogP contribution in [0.2, 0.25) is 0 Å². The highest BCUT2D eigenvalue weighted by molar-refractivity contribution is 9.10. The molecule has 1 aliphatic rings. The fourth-order valence-corrected chi connectivity index (χ4v) is 2.36. The van der Waals surface area contributed by atoms with E-state index < -0.39 is 0 Å². The molecule has 86 valence electrons. The van der Waals surface area contributed by atoms with Gasteiger partial charge in [-0.05, 0) is 46.5 Å². The van der Waals surface area contributed by atoms with Crippen molar-refractivity contribution in [1.82, 2.24) is 0 Å². The highest BCUT2D eigenvalue weighted by atomic mass is 79.9. The summed E-state index contributed by atoms with van der Waals surface area (Å²) in [5.41, 5.74) is 2.00. The van der Waals surface area contributed by atoms with Gasteiger partial charge in [0.25, 0.3) is 5.91 Å². The van der Waals surface area contributed by atoms with E-state index in [0.717, 1.165) is 35.2 Å². The van der Waals surface area contributed by atoms with Gasteiger partial charge in [0.05, 0.1) is 10.2 Å². The molecule has 0 radical (unpaired) electrons. The maximum absolute atomic E-state index is 11.2. The zero-order valence-corrected chi connectivity index (χ0v) is 10.8. The molecule has 0 unspecified atom stereocenters. The molecule has 0 bridgehead atoms. The maximum atomic E-state index is 11.2. The Labute approximate surface area is 103 Å². The number of amides is 1. The molecular weight excluding hydrogens is 270 g/mol. The lowest BCUT2D eigenvalue weighted by Gasteiger charge is -2.20. The first-order valence-electron chi connectivity index (χ1n) is 5.45. The van der Waals surface area contributed by atoms with Crippen molar-refractivity contribution in [3.8, 4) is 5.75 Å². The number of carbonyl (C=O) groups excluding carboxylic acids is 1. The molecule has 16 heavy (non-hydrogen) atoms. The van der Waals surface area contributed by atoms with Gasteiger partial charge in [-0.1, -0.05) is 13.3 Å². The fourth-order valence-electron chi connectivity index (χ4n) is 1.74. The Morgan fingerprint density at radius 3 is 3.06 bits per heavy atom. The zero-order valence-electron chi connectivity index (χ0n) is 9.18. The van der Waals surface area contributed by atoms with E-state index in [9.17, 15) is 4.79 Å². The molecule has 1 aromatic rings. The van der Waals surface area contributed by atoms with Gasteiger partial charge in [-0.25, -0.2) is 0 Å². The van der Waals surface area contributed by atoms with Gasteiger partial charge in [-0.15, -0.1) is 0 Å². The summed E-state index contributed by atoms with van der Waals surface area (Å²) in [7, 11) is 0. The number of anilines is 1. The molecule has 1 aromatic carbocycles. The third-order valence-corrected chi connectivity index (χ3v) is 3.13.